The molecule has 7 nitrogen and oxygen atoms in total. The van der Waals surface area contributed by atoms with Crippen molar-refractivity contribution in [3.05, 3.63) is 27.3 Å². The highest BCUT2D eigenvalue weighted by atomic mass is 32.1. The Morgan fingerprint density at radius 2 is 2.36 bits per heavy atom. The molecule has 3 aromatic heterocycles. The van der Waals surface area contributed by atoms with Crippen LogP contribution in [0.3, 0.4) is 0 Å². The van der Waals surface area contributed by atoms with Crippen molar-refractivity contribution >= 4 is 45.9 Å². The zero-order valence-electron chi connectivity index (χ0n) is 11.6. The summed E-state index contributed by atoms with van der Waals surface area (Å²) >= 11 is 8.11. The second-order valence-electron chi connectivity index (χ2n) is 4.32. The lowest BCUT2D eigenvalue weighted by Gasteiger charge is -2.04. The minimum Gasteiger partial charge on any atom is -0.299 e. The number of nitrogens with zero attached hydrogens (tertiary/aromatic N) is 4. The van der Waals surface area contributed by atoms with Crippen LogP contribution in [0.1, 0.15) is 11.9 Å². The van der Waals surface area contributed by atoms with Crippen molar-refractivity contribution in [2.24, 2.45) is 0 Å². The Morgan fingerprint density at radius 1 is 1.50 bits per heavy atom. The summed E-state index contributed by atoms with van der Waals surface area (Å²) in [5.74, 6) is 0.441. The third-order valence-electron chi connectivity index (χ3n) is 2.82. The molecule has 0 spiro atoms. The van der Waals surface area contributed by atoms with E-state index in [1.54, 1.807) is 4.57 Å². The molecule has 3 rings (SSSR count). The zero-order chi connectivity index (χ0) is 15.5. The minimum atomic E-state index is -0.214. The van der Waals surface area contributed by atoms with E-state index in [-0.39, 0.29) is 12.5 Å². The second-order valence-corrected chi connectivity index (χ2v) is 6.71. The maximum atomic E-state index is 12.2. The molecule has 10 heteroatoms. The largest absolute Gasteiger partial charge is 0.299 e. The second kappa shape index (κ2) is 6.46. The van der Waals surface area contributed by atoms with Gasteiger partial charge in [0, 0.05) is 0 Å². The number of hydrogen-bond donors (Lipinski definition) is 2. The molecule has 114 valence electrons. The van der Waals surface area contributed by atoms with Crippen LogP contribution in [0.4, 0.5) is 5.13 Å². The van der Waals surface area contributed by atoms with Gasteiger partial charge in [-0.3, -0.25) is 19.8 Å². The molecule has 1 amide bonds. The molecule has 0 aromatic carbocycles. The van der Waals surface area contributed by atoms with Crippen molar-refractivity contribution in [3.63, 3.8) is 0 Å². The van der Waals surface area contributed by atoms with E-state index < -0.39 is 0 Å². The molecular weight excluding hydrogens is 340 g/mol. The van der Waals surface area contributed by atoms with Crippen LogP contribution >= 0.6 is 34.9 Å². The van der Waals surface area contributed by atoms with Crippen molar-refractivity contribution < 1.29 is 4.79 Å². The SMILES string of the molecule is CCc1nnc(NC(=O)Cn2c(-c3cccs3)n[nH]c2=S)s1. The number of H-pyrrole nitrogens is 1. The molecule has 0 bridgehead atoms. The Bertz CT molecular complexity index is 831. The van der Waals surface area contributed by atoms with Gasteiger partial charge in [-0.25, -0.2) is 0 Å². The predicted molar refractivity (Wildman–Crippen MR) is 88.6 cm³/mol. The van der Waals surface area contributed by atoms with E-state index in [1.165, 1.54) is 22.7 Å². The lowest BCUT2D eigenvalue weighted by atomic mass is 10.4. The molecule has 22 heavy (non-hydrogen) atoms. The Kier molecular flexibility index (Phi) is 4.41. The van der Waals surface area contributed by atoms with Crippen molar-refractivity contribution in [2.75, 3.05) is 5.32 Å². The van der Waals surface area contributed by atoms with Gasteiger partial charge in [0.25, 0.3) is 0 Å². The average Bonchev–Trinajstić information content (AvgIpc) is 3.21. The summed E-state index contributed by atoms with van der Waals surface area (Å²) in [5, 5.41) is 20.9. The summed E-state index contributed by atoms with van der Waals surface area (Å²) in [7, 11) is 0. The average molecular weight is 352 g/mol. The standard InChI is InChI=1S/C12H12N6OS3/c1-2-9-14-16-11(22-9)13-8(19)6-18-10(15-17-12(18)20)7-4-3-5-21-7/h3-5H,2,6H2,1H3,(H,17,20)(H,13,16,19). The lowest BCUT2D eigenvalue weighted by molar-refractivity contribution is -0.116. The third kappa shape index (κ3) is 3.13. The zero-order valence-corrected chi connectivity index (χ0v) is 14.0. The summed E-state index contributed by atoms with van der Waals surface area (Å²) in [6.07, 6.45) is 0.794. The molecule has 0 unspecified atom stereocenters. The normalized spacial score (nSPS) is 10.8. The molecule has 3 aromatic rings. The number of carbonyl (C=O) groups excluding carboxylic acids is 1. The molecule has 0 fully saturated rings. The van der Waals surface area contributed by atoms with Crippen molar-refractivity contribution in [3.8, 4) is 10.7 Å². The van der Waals surface area contributed by atoms with Gasteiger partial charge in [0.15, 0.2) is 10.6 Å². The molecule has 0 radical (unpaired) electrons. The summed E-state index contributed by atoms with van der Waals surface area (Å²) in [5.41, 5.74) is 0. The van der Waals surface area contributed by atoms with Crippen LogP contribution < -0.4 is 5.32 Å². The van der Waals surface area contributed by atoms with Crippen LogP contribution in [0.15, 0.2) is 17.5 Å². The number of thiophene rings is 1. The van der Waals surface area contributed by atoms with E-state index in [0.29, 0.717) is 15.7 Å². The molecule has 0 aliphatic rings. The Hall–Kier alpha value is -1.91. The van der Waals surface area contributed by atoms with Crippen LogP contribution in [0, 0.1) is 4.77 Å². The number of carbonyl (C=O) groups is 1. The first-order valence-electron chi connectivity index (χ1n) is 6.48. The Morgan fingerprint density at radius 3 is 3.05 bits per heavy atom. The maximum Gasteiger partial charge on any atom is 0.246 e. The maximum absolute atomic E-state index is 12.2. The van der Waals surface area contributed by atoms with Gasteiger partial charge < -0.3 is 0 Å². The summed E-state index contributed by atoms with van der Waals surface area (Å²) < 4.78 is 2.07. The fourth-order valence-electron chi connectivity index (χ4n) is 1.81. The van der Waals surface area contributed by atoms with Crippen LogP contribution in [0.25, 0.3) is 10.7 Å². The summed E-state index contributed by atoms with van der Waals surface area (Å²) in [6.45, 7) is 2.06. The Balaban J connectivity index is 1.77. The number of rotatable bonds is 5. The van der Waals surface area contributed by atoms with Gasteiger partial charge in [-0.2, -0.15) is 5.10 Å². The van der Waals surface area contributed by atoms with E-state index in [4.69, 9.17) is 12.2 Å². The number of aryl methyl sites for hydroxylation is 1. The van der Waals surface area contributed by atoms with Crippen LogP contribution in [0.2, 0.25) is 0 Å². The van der Waals surface area contributed by atoms with Crippen LogP contribution in [-0.4, -0.2) is 30.9 Å². The van der Waals surface area contributed by atoms with E-state index in [0.717, 1.165) is 16.3 Å². The molecule has 2 N–H and O–H groups in total. The van der Waals surface area contributed by atoms with Gasteiger partial charge >= 0.3 is 0 Å². The van der Waals surface area contributed by atoms with Crippen molar-refractivity contribution in [1.82, 2.24) is 25.0 Å². The number of nitrogens with one attached hydrogen (secondary N) is 2. The highest BCUT2D eigenvalue weighted by molar-refractivity contribution is 7.71. The van der Waals surface area contributed by atoms with Crippen molar-refractivity contribution in [1.29, 1.82) is 0 Å². The van der Waals surface area contributed by atoms with E-state index in [9.17, 15) is 4.79 Å². The molecule has 0 saturated heterocycles. The van der Waals surface area contributed by atoms with E-state index in [1.807, 2.05) is 24.4 Å². The van der Waals surface area contributed by atoms with Gasteiger partial charge in [0.1, 0.15) is 11.6 Å². The first-order chi connectivity index (χ1) is 10.7. The van der Waals surface area contributed by atoms with E-state index in [2.05, 4.69) is 25.7 Å². The smallest absolute Gasteiger partial charge is 0.246 e. The van der Waals surface area contributed by atoms with Crippen molar-refractivity contribution in [2.45, 2.75) is 19.9 Å². The number of aromatic amines is 1. The third-order valence-corrected chi connectivity index (χ3v) is 4.98. The topological polar surface area (TPSA) is 88.5 Å². The lowest BCUT2D eigenvalue weighted by Crippen LogP contribution is -2.19. The quantitative estimate of drug-likeness (QED) is 0.689. The fraction of sp³-hybridized carbons (Fsp3) is 0.250. The van der Waals surface area contributed by atoms with E-state index >= 15 is 0 Å². The predicted octanol–water partition coefficient (Wildman–Crippen LogP) is 2.72. The minimum absolute atomic E-state index is 0.0730. The van der Waals surface area contributed by atoms with Gasteiger partial charge in [-0.05, 0) is 30.1 Å². The van der Waals surface area contributed by atoms with Gasteiger partial charge in [-0.15, -0.1) is 21.5 Å². The van der Waals surface area contributed by atoms with Crippen LogP contribution in [-0.2, 0) is 17.8 Å². The first kappa shape index (κ1) is 15.0. The highest BCUT2D eigenvalue weighted by Gasteiger charge is 2.14. The molecule has 0 atom stereocenters. The summed E-state index contributed by atoms with van der Waals surface area (Å²) in [4.78, 5) is 13.1. The molecule has 3 heterocycles. The molecular formula is C12H12N6OS3. The number of anilines is 1. The van der Waals surface area contributed by atoms with Gasteiger partial charge in [-0.1, -0.05) is 24.3 Å². The monoisotopic (exact) mass is 352 g/mol. The number of amides is 1. The highest BCUT2D eigenvalue weighted by Crippen LogP contribution is 2.23. The summed E-state index contributed by atoms with van der Waals surface area (Å²) in [6, 6.07) is 3.86. The molecule has 0 saturated carbocycles. The number of hydrogen-bond acceptors (Lipinski definition) is 7. The van der Waals surface area contributed by atoms with Gasteiger partial charge in [0.05, 0.1) is 4.88 Å². The number of aromatic nitrogens is 5. The van der Waals surface area contributed by atoms with Crippen LogP contribution in [0.5, 0.6) is 0 Å². The van der Waals surface area contributed by atoms with Gasteiger partial charge in [0.2, 0.25) is 11.0 Å². The molecule has 0 aliphatic heterocycles. The molecule has 0 aliphatic carbocycles. The first-order valence-corrected chi connectivity index (χ1v) is 8.59. The fourth-order valence-corrected chi connectivity index (χ4v) is 3.42. The Labute approximate surface area is 139 Å².